The summed E-state index contributed by atoms with van der Waals surface area (Å²) in [7, 11) is -7.99. The number of benzene rings is 3. The van der Waals surface area contributed by atoms with Gasteiger partial charge in [0.2, 0.25) is 5.71 Å². The van der Waals surface area contributed by atoms with Gasteiger partial charge in [-0.05, 0) is 49.4 Å². The van der Waals surface area contributed by atoms with Crippen molar-refractivity contribution in [3.8, 4) is 0 Å². The number of nitrogens with one attached hydrogen (secondary N) is 1. The molecule has 3 aromatic carbocycles. The van der Waals surface area contributed by atoms with Gasteiger partial charge in [0.1, 0.15) is 4.90 Å². The van der Waals surface area contributed by atoms with E-state index in [1.807, 2.05) is 0 Å². The van der Waals surface area contributed by atoms with Crippen molar-refractivity contribution in [1.82, 2.24) is 0 Å². The van der Waals surface area contributed by atoms with Crippen molar-refractivity contribution in [2.75, 3.05) is 16.7 Å². The van der Waals surface area contributed by atoms with E-state index >= 15 is 0 Å². The Morgan fingerprint density at radius 2 is 1.44 bits per heavy atom. The van der Waals surface area contributed by atoms with E-state index in [2.05, 4.69) is 4.72 Å². The second-order valence-electron chi connectivity index (χ2n) is 7.17. The Balaban J connectivity index is 1.98. The van der Waals surface area contributed by atoms with Crippen LogP contribution in [0.3, 0.4) is 0 Å². The molecule has 0 bridgehead atoms. The van der Waals surface area contributed by atoms with E-state index in [0.717, 1.165) is 6.26 Å². The van der Waals surface area contributed by atoms with E-state index in [0.29, 0.717) is 22.4 Å². The highest BCUT2D eigenvalue weighted by atomic mass is 32.2. The number of hydrogen-bond donors (Lipinski definition) is 3. The highest BCUT2D eigenvalue weighted by Gasteiger charge is 2.24. The van der Waals surface area contributed by atoms with Crippen molar-refractivity contribution in [3.05, 3.63) is 83.4 Å². The summed E-state index contributed by atoms with van der Waals surface area (Å²) < 4.78 is 52.3. The molecule has 0 radical (unpaired) electrons. The van der Waals surface area contributed by atoms with Crippen LogP contribution in [0.5, 0.6) is 0 Å². The van der Waals surface area contributed by atoms with Crippen LogP contribution in [0.4, 0.5) is 11.4 Å². The summed E-state index contributed by atoms with van der Waals surface area (Å²) in [4.78, 5) is 10.8. The lowest BCUT2D eigenvalue weighted by Crippen LogP contribution is -2.41. The predicted molar refractivity (Wildman–Crippen MR) is 123 cm³/mol. The van der Waals surface area contributed by atoms with Gasteiger partial charge in [0.15, 0.2) is 15.6 Å². The van der Waals surface area contributed by atoms with Crippen molar-refractivity contribution in [2.24, 2.45) is 0 Å². The van der Waals surface area contributed by atoms with Crippen LogP contribution in [-0.2, 0) is 19.9 Å². The van der Waals surface area contributed by atoms with Gasteiger partial charge in [0.25, 0.3) is 10.0 Å². The average Bonchev–Trinajstić information content (AvgIpc) is 2.74. The fourth-order valence-electron chi connectivity index (χ4n) is 3.08. The third kappa shape index (κ3) is 4.87. The molecule has 0 atom stereocenters. The lowest BCUT2D eigenvalue weighted by molar-refractivity contribution is -0.111. The van der Waals surface area contributed by atoms with Crippen molar-refractivity contribution < 1.29 is 27.0 Å². The zero-order valence-electron chi connectivity index (χ0n) is 17.4. The van der Waals surface area contributed by atoms with Crippen molar-refractivity contribution in [2.45, 2.75) is 16.7 Å². The lowest BCUT2D eigenvalue weighted by Gasteiger charge is -2.13. The molecule has 0 fully saturated rings. The van der Waals surface area contributed by atoms with Gasteiger partial charge < -0.3 is 5.73 Å². The molecule has 0 aliphatic carbocycles. The monoisotopic (exact) mass is 472 g/mol. The standard InChI is InChI=1S/C22H21N3O5S2/c1-14(26)15-7-9-16(10-8-15)22(24)18-13-17(11-12-19(18)23)25-32(29,30)21-6-4-3-5-20(21)31(2,27)28/h3-13,24-25H,23H2,1-2H3/p+1. The van der Waals surface area contributed by atoms with Gasteiger partial charge >= 0.3 is 0 Å². The number of nitrogens with two attached hydrogens (primary N) is 2. The minimum absolute atomic E-state index is 0.0829. The molecule has 8 nitrogen and oxygen atoms in total. The molecule has 0 spiro atoms. The molecule has 5 N–H and O–H groups in total. The number of carbonyl (C=O) groups is 1. The van der Waals surface area contributed by atoms with E-state index in [4.69, 9.17) is 11.1 Å². The van der Waals surface area contributed by atoms with Crippen molar-refractivity contribution >= 4 is 42.7 Å². The summed E-state index contributed by atoms with van der Waals surface area (Å²) in [5.41, 5.74) is 8.32. The number of ketones is 1. The molecule has 0 heterocycles. The average molecular weight is 473 g/mol. The van der Waals surface area contributed by atoms with Gasteiger partial charge in [-0.25, -0.2) is 16.8 Å². The smallest absolute Gasteiger partial charge is 0.263 e. The molecule has 32 heavy (non-hydrogen) atoms. The first-order valence-corrected chi connectivity index (χ1v) is 12.7. The van der Waals surface area contributed by atoms with Crippen LogP contribution >= 0.6 is 0 Å². The molecule has 10 heteroatoms. The fraction of sp³-hybridized carbons (Fsp3) is 0.0909. The fourth-order valence-corrected chi connectivity index (χ4v) is 5.76. The summed E-state index contributed by atoms with van der Waals surface area (Å²) in [5, 5.41) is 6.26. The van der Waals surface area contributed by atoms with Crippen LogP contribution in [0.1, 0.15) is 28.4 Å². The second kappa shape index (κ2) is 8.56. The molecule has 0 aliphatic heterocycles. The van der Waals surface area contributed by atoms with Gasteiger partial charge in [-0.15, -0.1) is 0 Å². The minimum atomic E-state index is -4.22. The molecule has 0 saturated heterocycles. The first-order chi connectivity index (χ1) is 14.9. The van der Waals surface area contributed by atoms with Crippen LogP contribution in [-0.4, -0.2) is 34.6 Å². The molecule has 0 saturated carbocycles. The molecule has 3 aromatic rings. The van der Waals surface area contributed by atoms with Gasteiger partial charge in [-0.1, -0.05) is 24.3 Å². The Bertz CT molecular complexity index is 1430. The third-order valence-corrected chi connectivity index (χ3v) is 7.46. The van der Waals surface area contributed by atoms with E-state index in [9.17, 15) is 21.6 Å². The summed E-state index contributed by atoms with van der Waals surface area (Å²) in [6.45, 7) is 1.46. The molecule has 0 amide bonds. The number of carbonyl (C=O) groups excluding carboxylic acids is 1. The second-order valence-corrected chi connectivity index (χ2v) is 10.8. The summed E-state index contributed by atoms with van der Waals surface area (Å²) in [6.07, 6.45) is 0.940. The van der Waals surface area contributed by atoms with Crippen LogP contribution in [0.15, 0.2) is 76.5 Å². The topological polar surface area (TPSA) is 149 Å². The Morgan fingerprint density at radius 1 is 0.875 bits per heavy atom. The molecule has 0 unspecified atom stereocenters. The zero-order chi connectivity index (χ0) is 23.7. The first-order valence-electron chi connectivity index (χ1n) is 9.36. The number of anilines is 2. The summed E-state index contributed by atoms with van der Waals surface area (Å²) in [5.74, 6) is -0.0829. The normalized spacial score (nSPS) is 11.7. The number of nitrogen functional groups attached to an aromatic ring is 1. The van der Waals surface area contributed by atoms with Crippen LogP contribution in [0.2, 0.25) is 0 Å². The van der Waals surface area contributed by atoms with Crippen molar-refractivity contribution in [1.29, 1.82) is 0 Å². The van der Waals surface area contributed by atoms with Gasteiger partial charge in [0.05, 0.1) is 10.5 Å². The number of Topliss-reactive ketones (excluding diaryl/α,β-unsaturated/α-hetero) is 1. The maximum Gasteiger partial charge on any atom is 0.263 e. The summed E-state index contributed by atoms with van der Waals surface area (Å²) in [6, 6.07) is 16.4. The predicted octanol–water partition coefficient (Wildman–Crippen LogP) is 1.27. The summed E-state index contributed by atoms with van der Waals surface area (Å²) >= 11 is 0. The van der Waals surface area contributed by atoms with Crippen LogP contribution in [0.25, 0.3) is 0 Å². The molecule has 0 aromatic heterocycles. The van der Waals surface area contributed by atoms with E-state index < -0.39 is 19.9 Å². The SMILES string of the molecule is CC(=O)c1ccc(C(=[NH2+])c2cc(NS(=O)(=O)c3ccccc3S(C)(=O)=O)ccc2N)cc1. The zero-order valence-corrected chi connectivity index (χ0v) is 19.0. The van der Waals surface area contributed by atoms with Crippen LogP contribution < -0.4 is 15.9 Å². The van der Waals surface area contributed by atoms with Gasteiger partial charge in [-0.3, -0.25) is 14.9 Å². The quantitative estimate of drug-likeness (QED) is 0.268. The maximum absolute atomic E-state index is 12.9. The first kappa shape index (κ1) is 23.2. The maximum atomic E-state index is 12.9. The van der Waals surface area contributed by atoms with E-state index in [1.54, 1.807) is 24.3 Å². The largest absolute Gasteiger partial charge is 0.398 e. The van der Waals surface area contributed by atoms with E-state index in [1.165, 1.54) is 49.4 Å². The van der Waals surface area contributed by atoms with Gasteiger partial charge in [0, 0.05) is 28.8 Å². The number of rotatable bonds is 7. The molecular formula is C22H22N3O5S2+. The highest BCUT2D eigenvalue weighted by molar-refractivity contribution is 7.95. The Hall–Kier alpha value is -3.50. The Kier molecular flexibility index (Phi) is 6.20. The Labute approximate surface area is 186 Å². The number of hydrogen-bond acceptors (Lipinski definition) is 6. The molecular weight excluding hydrogens is 450 g/mol. The Morgan fingerprint density at radius 3 is 2.00 bits per heavy atom. The number of sulfonamides is 1. The van der Waals surface area contributed by atoms with Gasteiger partial charge in [-0.2, -0.15) is 0 Å². The lowest BCUT2D eigenvalue weighted by atomic mass is 9.99. The van der Waals surface area contributed by atoms with E-state index in [-0.39, 0.29) is 27.0 Å². The molecule has 0 aliphatic rings. The third-order valence-electron chi connectivity index (χ3n) is 4.74. The van der Waals surface area contributed by atoms with Crippen LogP contribution in [0, 0.1) is 0 Å². The molecule has 166 valence electrons. The minimum Gasteiger partial charge on any atom is -0.398 e. The highest BCUT2D eigenvalue weighted by Crippen LogP contribution is 2.26. The van der Waals surface area contributed by atoms with Crippen molar-refractivity contribution in [3.63, 3.8) is 0 Å². The molecule has 3 rings (SSSR count). The number of sulfone groups is 1.